The third-order valence-corrected chi connectivity index (χ3v) is 4.77. The molecule has 2 N–H and O–H groups in total. The molecule has 7 nitrogen and oxygen atoms in total. The minimum atomic E-state index is -3.97. The van der Waals surface area contributed by atoms with Gasteiger partial charge in [-0.2, -0.15) is 13.5 Å². The van der Waals surface area contributed by atoms with Crippen LogP contribution in [0.5, 0.6) is 0 Å². The molecule has 9 heteroatoms. The zero-order valence-electron chi connectivity index (χ0n) is 10.8. The summed E-state index contributed by atoms with van der Waals surface area (Å²) in [4.78, 5) is 11.1. The summed E-state index contributed by atoms with van der Waals surface area (Å²) >= 11 is 0.906. The van der Waals surface area contributed by atoms with Crippen LogP contribution in [0.4, 0.5) is 0 Å². The molecule has 20 heavy (non-hydrogen) atoms. The van der Waals surface area contributed by atoms with Crippen LogP contribution in [0.2, 0.25) is 0 Å². The first-order valence-corrected chi connectivity index (χ1v) is 8.00. The highest BCUT2D eigenvalue weighted by Crippen LogP contribution is 2.21. The van der Waals surface area contributed by atoms with E-state index in [-0.39, 0.29) is 16.3 Å². The Kier molecular flexibility index (Phi) is 4.02. The second kappa shape index (κ2) is 5.43. The van der Waals surface area contributed by atoms with E-state index >= 15 is 0 Å². The Morgan fingerprint density at radius 1 is 1.35 bits per heavy atom. The summed E-state index contributed by atoms with van der Waals surface area (Å²) in [5.41, 5.74) is 0.715. The maximum atomic E-state index is 12.3. The number of hydrogen-bond acceptors (Lipinski definition) is 6. The van der Waals surface area contributed by atoms with E-state index < -0.39 is 22.0 Å². The molecule has 108 valence electrons. The number of benzene rings is 1. The Morgan fingerprint density at radius 3 is 2.65 bits per heavy atom. The number of carboxylic acids is 1. The molecule has 0 aliphatic carbocycles. The van der Waals surface area contributed by atoms with E-state index in [9.17, 15) is 13.2 Å². The number of rotatable bonds is 5. The fraction of sp³-hybridized carbons (Fsp3) is 0.364. The van der Waals surface area contributed by atoms with Crippen molar-refractivity contribution in [1.29, 1.82) is 0 Å². The molecule has 1 aromatic carbocycles. The van der Waals surface area contributed by atoms with Crippen LogP contribution >= 0.6 is 11.7 Å². The van der Waals surface area contributed by atoms with Crippen molar-refractivity contribution in [2.45, 2.75) is 24.8 Å². The van der Waals surface area contributed by atoms with Crippen LogP contribution in [0.15, 0.2) is 23.1 Å². The minimum Gasteiger partial charge on any atom is -0.480 e. The molecule has 0 spiro atoms. The quantitative estimate of drug-likeness (QED) is 0.854. The number of nitrogens with zero attached hydrogens (tertiary/aromatic N) is 2. The van der Waals surface area contributed by atoms with Crippen molar-refractivity contribution in [1.82, 2.24) is 13.5 Å². The summed E-state index contributed by atoms with van der Waals surface area (Å²) in [5.74, 6) is -1.60. The Balaban J connectivity index is 2.45. The van der Waals surface area contributed by atoms with Crippen LogP contribution in [0.25, 0.3) is 11.0 Å². The predicted molar refractivity (Wildman–Crippen MR) is 74.0 cm³/mol. The third-order valence-electron chi connectivity index (χ3n) is 2.75. The van der Waals surface area contributed by atoms with Gasteiger partial charge in [-0.05, 0) is 18.1 Å². The molecular formula is C11H13N3O4S2. The molecule has 0 saturated carbocycles. The van der Waals surface area contributed by atoms with Crippen LogP contribution < -0.4 is 4.72 Å². The summed E-state index contributed by atoms with van der Waals surface area (Å²) in [5, 5.41) is 9.07. The van der Waals surface area contributed by atoms with E-state index in [2.05, 4.69) is 13.5 Å². The zero-order chi connectivity index (χ0) is 14.9. The van der Waals surface area contributed by atoms with Gasteiger partial charge in [0.05, 0.1) is 11.7 Å². The lowest BCUT2D eigenvalue weighted by atomic mass is 10.1. The monoisotopic (exact) mass is 315 g/mol. The maximum absolute atomic E-state index is 12.3. The smallest absolute Gasteiger partial charge is 0.322 e. The van der Waals surface area contributed by atoms with Gasteiger partial charge in [0, 0.05) is 0 Å². The molecule has 1 heterocycles. The molecule has 1 atom stereocenters. The molecule has 0 fully saturated rings. The zero-order valence-corrected chi connectivity index (χ0v) is 12.4. The Hall–Kier alpha value is -1.58. The standard InChI is InChI=1S/C11H13N3O4S2/c1-6(2)9(11(15)16)14-20(17,18)8-5-3-4-7-10(8)13-19-12-7/h3-6,9,14H,1-2H3,(H,15,16)/t9-/m0/s1. The average molecular weight is 315 g/mol. The summed E-state index contributed by atoms with van der Waals surface area (Å²) in [6, 6.07) is 3.38. The van der Waals surface area contributed by atoms with Crippen LogP contribution in [0, 0.1) is 5.92 Å². The van der Waals surface area contributed by atoms with Crippen molar-refractivity contribution < 1.29 is 18.3 Å². The van der Waals surface area contributed by atoms with Crippen molar-refractivity contribution in [2.24, 2.45) is 5.92 Å². The number of carbonyl (C=O) groups is 1. The summed E-state index contributed by atoms with van der Waals surface area (Å²) < 4.78 is 34.8. The van der Waals surface area contributed by atoms with Crippen molar-refractivity contribution in [3.05, 3.63) is 18.2 Å². The van der Waals surface area contributed by atoms with Gasteiger partial charge in [-0.1, -0.05) is 19.9 Å². The van der Waals surface area contributed by atoms with E-state index in [1.807, 2.05) is 0 Å². The fourth-order valence-electron chi connectivity index (χ4n) is 1.70. The van der Waals surface area contributed by atoms with Crippen LogP contribution in [-0.4, -0.2) is 34.3 Å². The lowest BCUT2D eigenvalue weighted by molar-refractivity contribution is -0.140. The number of nitrogens with one attached hydrogen (secondary N) is 1. The number of carboxylic acid groups (broad SMARTS) is 1. The highest BCUT2D eigenvalue weighted by Gasteiger charge is 2.29. The topological polar surface area (TPSA) is 109 Å². The van der Waals surface area contributed by atoms with E-state index in [0.717, 1.165) is 11.7 Å². The van der Waals surface area contributed by atoms with Gasteiger partial charge in [0.1, 0.15) is 22.0 Å². The fourth-order valence-corrected chi connectivity index (χ4v) is 3.80. The highest BCUT2D eigenvalue weighted by atomic mass is 32.2. The summed E-state index contributed by atoms with van der Waals surface area (Å²) in [7, 11) is -3.97. The van der Waals surface area contributed by atoms with Crippen molar-refractivity contribution >= 4 is 38.8 Å². The lowest BCUT2D eigenvalue weighted by Gasteiger charge is -2.17. The number of hydrogen-bond donors (Lipinski definition) is 2. The number of aliphatic carboxylic acids is 1. The molecule has 0 radical (unpaired) electrons. The number of aromatic nitrogens is 2. The van der Waals surface area contributed by atoms with Crippen LogP contribution in [-0.2, 0) is 14.8 Å². The highest BCUT2D eigenvalue weighted by molar-refractivity contribution is 7.89. The molecule has 1 aromatic heterocycles. The molecule has 0 unspecified atom stereocenters. The number of sulfonamides is 1. The second-order valence-electron chi connectivity index (χ2n) is 4.57. The minimum absolute atomic E-state index is 0.0596. The second-order valence-corrected chi connectivity index (χ2v) is 6.78. The first-order valence-electron chi connectivity index (χ1n) is 5.79. The van der Waals surface area contributed by atoms with E-state index in [0.29, 0.717) is 5.52 Å². The SMILES string of the molecule is CC(C)[C@H](NS(=O)(=O)c1cccc2nsnc12)C(=O)O. The number of fused-ring (bicyclic) bond motifs is 1. The van der Waals surface area contributed by atoms with Gasteiger partial charge in [-0.3, -0.25) is 4.79 Å². The van der Waals surface area contributed by atoms with Gasteiger partial charge in [-0.25, -0.2) is 8.42 Å². The largest absolute Gasteiger partial charge is 0.480 e. The normalized spacial score (nSPS) is 13.8. The van der Waals surface area contributed by atoms with Crippen molar-refractivity contribution in [2.75, 3.05) is 0 Å². The van der Waals surface area contributed by atoms with Gasteiger partial charge >= 0.3 is 5.97 Å². The molecule has 0 saturated heterocycles. The Bertz CT molecular complexity index is 739. The predicted octanol–water partition coefficient (Wildman–Crippen LogP) is 1.08. The first-order chi connectivity index (χ1) is 9.33. The molecule has 0 aliphatic rings. The van der Waals surface area contributed by atoms with E-state index in [1.54, 1.807) is 26.0 Å². The van der Waals surface area contributed by atoms with Gasteiger partial charge in [-0.15, -0.1) is 0 Å². The Labute approximate surface area is 120 Å². The lowest BCUT2D eigenvalue weighted by Crippen LogP contribution is -2.44. The Morgan fingerprint density at radius 2 is 2.05 bits per heavy atom. The van der Waals surface area contributed by atoms with Gasteiger partial charge < -0.3 is 5.11 Å². The van der Waals surface area contributed by atoms with Gasteiger partial charge in [0.2, 0.25) is 10.0 Å². The van der Waals surface area contributed by atoms with E-state index in [4.69, 9.17) is 5.11 Å². The third kappa shape index (κ3) is 2.79. The molecule has 2 aromatic rings. The first kappa shape index (κ1) is 14.8. The van der Waals surface area contributed by atoms with Gasteiger partial charge in [0.25, 0.3) is 0 Å². The summed E-state index contributed by atoms with van der Waals surface area (Å²) in [6.07, 6.45) is 0. The van der Waals surface area contributed by atoms with Crippen LogP contribution in [0.3, 0.4) is 0 Å². The van der Waals surface area contributed by atoms with Crippen molar-refractivity contribution in [3.8, 4) is 0 Å². The van der Waals surface area contributed by atoms with E-state index in [1.165, 1.54) is 6.07 Å². The molecule has 0 bridgehead atoms. The molecule has 0 aliphatic heterocycles. The molecule has 2 rings (SSSR count). The summed E-state index contributed by atoms with van der Waals surface area (Å²) in [6.45, 7) is 3.26. The maximum Gasteiger partial charge on any atom is 0.322 e. The van der Waals surface area contributed by atoms with Gasteiger partial charge in [0.15, 0.2) is 0 Å². The average Bonchev–Trinajstić information content (AvgIpc) is 2.83. The molecular weight excluding hydrogens is 302 g/mol. The van der Waals surface area contributed by atoms with Crippen LogP contribution in [0.1, 0.15) is 13.8 Å². The molecule has 0 amide bonds. The van der Waals surface area contributed by atoms with Crippen molar-refractivity contribution in [3.63, 3.8) is 0 Å².